The van der Waals surface area contributed by atoms with Gasteiger partial charge in [-0.05, 0) is 32.1 Å². The molecule has 0 saturated heterocycles. The second-order valence-electron chi connectivity index (χ2n) is 2.94. The zero-order valence-electron chi connectivity index (χ0n) is 8.13. The summed E-state index contributed by atoms with van der Waals surface area (Å²) in [5.74, 6) is 0.122. The lowest BCUT2D eigenvalue weighted by atomic mass is 10.3. The van der Waals surface area contributed by atoms with Crippen molar-refractivity contribution in [2.24, 2.45) is 0 Å². The molecule has 2 nitrogen and oxygen atoms in total. The van der Waals surface area contributed by atoms with E-state index in [1.54, 1.807) is 18.2 Å². The molecule has 0 fully saturated rings. The van der Waals surface area contributed by atoms with E-state index in [0.717, 1.165) is 13.0 Å². The van der Waals surface area contributed by atoms with E-state index in [1.165, 1.54) is 6.07 Å². The van der Waals surface area contributed by atoms with Gasteiger partial charge >= 0.3 is 0 Å². The lowest BCUT2D eigenvalue weighted by Crippen LogP contribution is -2.11. The van der Waals surface area contributed by atoms with Crippen LogP contribution in [-0.2, 0) is 10.8 Å². The summed E-state index contributed by atoms with van der Waals surface area (Å²) in [5, 5.41) is 2.96. The summed E-state index contributed by atoms with van der Waals surface area (Å²) in [6.07, 6.45) is 0.789. The Morgan fingerprint density at radius 1 is 1.43 bits per heavy atom. The maximum absolute atomic E-state index is 13.1. The largest absolute Gasteiger partial charge is 0.320 e. The average Bonchev–Trinajstić information content (AvgIpc) is 2.18. The topological polar surface area (TPSA) is 29.1 Å². The molecule has 4 heteroatoms. The van der Waals surface area contributed by atoms with Gasteiger partial charge in [-0.2, -0.15) is 0 Å². The van der Waals surface area contributed by atoms with Gasteiger partial charge in [0, 0.05) is 5.75 Å². The highest BCUT2D eigenvalue weighted by Gasteiger charge is 2.07. The lowest BCUT2D eigenvalue weighted by Gasteiger charge is -2.02. The minimum Gasteiger partial charge on any atom is -0.320 e. The number of hydrogen-bond acceptors (Lipinski definition) is 2. The Morgan fingerprint density at radius 2 is 2.14 bits per heavy atom. The number of rotatable bonds is 5. The van der Waals surface area contributed by atoms with E-state index in [2.05, 4.69) is 5.32 Å². The molecular weight excluding hydrogens is 201 g/mol. The zero-order chi connectivity index (χ0) is 10.4. The summed E-state index contributed by atoms with van der Waals surface area (Å²) in [6.45, 7) is 0.806. The molecule has 0 aliphatic carbocycles. The van der Waals surface area contributed by atoms with Crippen LogP contribution in [0.3, 0.4) is 0 Å². The van der Waals surface area contributed by atoms with Crippen LogP contribution >= 0.6 is 0 Å². The number of benzene rings is 1. The molecule has 0 bridgehead atoms. The fourth-order valence-electron chi connectivity index (χ4n) is 1.12. The van der Waals surface area contributed by atoms with Gasteiger partial charge in [0.05, 0.1) is 15.7 Å². The van der Waals surface area contributed by atoms with Crippen LogP contribution in [0.4, 0.5) is 4.39 Å². The molecule has 0 radical (unpaired) electrons. The second kappa shape index (κ2) is 5.88. The minimum atomic E-state index is -1.21. The minimum absolute atomic E-state index is 0.309. The molecule has 78 valence electrons. The molecule has 14 heavy (non-hydrogen) atoms. The van der Waals surface area contributed by atoms with Gasteiger partial charge in [0.25, 0.3) is 0 Å². The van der Waals surface area contributed by atoms with Crippen molar-refractivity contribution in [3.05, 3.63) is 30.1 Å². The molecule has 1 atom stereocenters. The second-order valence-corrected chi connectivity index (χ2v) is 4.48. The molecule has 0 aliphatic rings. The van der Waals surface area contributed by atoms with E-state index in [4.69, 9.17) is 0 Å². The number of hydrogen-bond donors (Lipinski definition) is 1. The maximum atomic E-state index is 13.1. The highest BCUT2D eigenvalue weighted by Crippen LogP contribution is 2.11. The third kappa shape index (κ3) is 3.20. The van der Waals surface area contributed by atoms with Gasteiger partial charge in [-0.3, -0.25) is 4.21 Å². The van der Waals surface area contributed by atoms with Crippen LogP contribution in [0, 0.1) is 5.82 Å². The van der Waals surface area contributed by atoms with Crippen LogP contribution < -0.4 is 5.32 Å². The standard InChI is InChI=1S/C10H14FNOS/c1-12-7-4-8-14(13)10-6-3-2-5-9(10)11/h2-3,5-6,12H,4,7-8H2,1H3. The maximum Gasteiger partial charge on any atom is 0.139 e. The van der Waals surface area contributed by atoms with Crippen LogP contribution in [0.15, 0.2) is 29.2 Å². The van der Waals surface area contributed by atoms with Crippen molar-refractivity contribution in [1.29, 1.82) is 0 Å². The Labute approximate surface area is 86.0 Å². The molecule has 0 amide bonds. The monoisotopic (exact) mass is 215 g/mol. The third-order valence-corrected chi connectivity index (χ3v) is 3.32. The first kappa shape index (κ1) is 11.3. The summed E-state index contributed by atoms with van der Waals surface area (Å²) in [6, 6.07) is 6.22. The van der Waals surface area contributed by atoms with Gasteiger partial charge in [0.15, 0.2) is 0 Å². The van der Waals surface area contributed by atoms with Crippen LogP contribution in [0.5, 0.6) is 0 Å². The number of halogens is 1. The van der Waals surface area contributed by atoms with Gasteiger partial charge in [0.2, 0.25) is 0 Å². The Balaban J connectivity index is 2.56. The summed E-state index contributed by atoms with van der Waals surface area (Å²) in [5.41, 5.74) is 0. The van der Waals surface area contributed by atoms with E-state index >= 15 is 0 Å². The van der Waals surface area contributed by atoms with Crippen molar-refractivity contribution >= 4 is 10.8 Å². The van der Waals surface area contributed by atoms with Crippen molar-refractivity contribution in [3.63, 3.8) is 0 Å². The van der Waals surface area contributed by atoms with Crippen LogP contribution in [0.2, 0.25) is 0 Å². The predicted octanol–water partition coefficient (Wildman–Crippen LogP) is 1.54. The zero-order valence-corrected chi connectivity index (χ0v) is 8.94. The van der Waals surface area contributed by atoms with E-state index in [9.17, 15) is 8.60 Å². The van der Waals surface area contributed by atoms with Gasteiger partial charge in [-0.1, -0.05) is 12.1 Å². The quantitative estimate of drug-likeness (QED) is 0.755. The molecule has 1 aromatic rings. The van der Waals surface area contributed by atoms with Gasteiger partial charge in [-0.15, -0.1) is 0 Å². The number of nitrogens with one attached hydrogen (secondary N) is 1. The highest BCUT2D eigenvalue weighted by atomic mass is 32.2. The van der Waals surface area contributed by atoms with Crippen molar-refractivity contribution in [1.82, 2.24) is 5.32 Å². The van der Waals surface area contributed by atoms with Gasteiger partial charge in [-0.25, -0.2) is 4.39 Å². The Morgan fingerprint density at radius 3 is 2.79 bits per heavy atom. The van der Waals surface area contributed by atoms with Crippen molar-refractivity contribution < 1.29 is 8.60 Å². The van der Waals surface area contributed by atoms with E-state index < -0.39 is 10.8 Å². The fraction of sp³-hybridized carbons (Fsp3) is 0.400. The van der Waals surface area contributed by atoms with Crippen molar-refractivity contribution in [2.45, 2.75) is 11.3 Å². The molecule has 1 aromatic carbocycles. The first-order chi connectivity index (χ1) is 6.75. The van der Waals surface area contributed by atoms with E-state index in [-0.39, 0.29) is 5.82 Å². The van der Waals surface area contributed by atoms with Crippen LogP contribution in [0.25, 0.3) is 0 Å². The van der Waals surface area contributed by atoms with E-state index in [0.29, 0.717) is 10.6 Å². The molecule has 1 unspecified atom stereocenters. The molecule has 0 aromatic heterocycles. The smallest absolute Gasteiger partial charge is 0.139 e. The van der Waals surface area contributed by atoms with Crippen LogP contribution in [-0.4, -0.2) is 23.6 Å². The summed E-state index contributed by atoms with van der Waals surface area (Å²) < 4.78 is 24.7. The lowest BCUT2D eigenvalue weighted by molar-refractivity contribution is 0.594. The first-order valence-corrected chi connectivity index (χ1v) is 5.85. The Bertz CT molecular complexity index is 317. The van der Waals surface area contributed by atoms with Gasteiger partial charge in [0.1, 0.15) is 5.82 Å². The summed E-state index contributed by atoms with van der Waals surface area (Å²) in [4.78, 5) is 0.309. The van der Waals surface area contributed by atoms with Crippen molar-refractivity contribution in [3.8, 4) is 0 Å². The Kier molecular flexibility index (Phi) is 4.76. The van der Waals surface area contributed by atoms with E-state index in [1.807, 2.05) is 7.05 Å². The SMILES string of the molecule is CNCCCS(=O)c1ccccc1F. The summed E-state index contributed by atoms with van der Waals surface area (Å²) in [7, 11) is 0.628. The molecular formula is C10H14FNOS. The van der Waals surface area contributed by atoms with Gasteiger partial charge < -0.3 is 5.32 Å². The molecule has 0 spiro atoms. The molecule has 0 aliphatic heterocycles. The third-order valence-electron chi connectivity index (χ3n) is 1.84. The first-order valence-electron chi connectivity index (χ1n) is 4.53. The molecule has 1 rings (SSSR count). The fourth-order valence-corrected chi connectivity index (χ4v) is 2.26. The predicted molar refractivity (Wildman–Crippen MR) is 56.2 cm³/mol. The summed E-state index contributed by atoms with van der Waals surface area (Å²) >= 11 is 0. The molecule has 0 heterocycles. The van der Waals surface area contributed by atoms with Crippen LogP contribution in [0.1, 0.15) is 6.42 Å². The average molecular weight is 215 g/mol. The highest BCUT2D eigenvalue weighted by molar-refractivity contribution is 7.85. The normalized spacial score (nSPS) is 12.7. The molecule has 1 N–H and O–H groups in total. The Hall–Kier alpha value is -0.740. The van der Waals surface area contributed by atoms with Crippen molar-refractivity contribution in [2.75, 3.05) is 19.3 Å². The molecule has 0 saturated carbocycles.